The minimum Gasteiger partial charge on any atom is -0.368 e. The molecule has 1 fully saturated rings. The van der Waals surface area contributed by atoms with Crippen LogP contribution in [0.15, 0.2) is 97.1 Å². The van der Waals surface area contributed by atoms with Crippen LogP contribution in [0.5, 0.6) is 0 Å². The first-order chi connectivity index (χ1) is 21.2. The van der Waals surface area contributed by atoms with Crippen molar-refractivity contribution in [3.63, 3.8) is 0 Å². The zero-order chi connectivity index (χ0) is 31.1. The third kappa shape index (κ3) is 7.97. The van der Waals surface area contributed by atoms with Gasteiger partial charge in [0.2, 0.25) is 5.91 Å². The van der Waals surface area contributed by atoms with Gasteiger partial charge in [0.15, 0.2) is 0 Å². The summed E-state index contributed by atoms with van der Waals surface area (Å²) < 4.78 is 27.2. The van der Waals surface area contributed by atoms with Gasteiger partial charge in [0.05, 0.1) is 0 Å². The molecule has 4 aromatic rings. The van der Waals surface area contributed by atoms with E-state index in [4.69, 9.17) is 0 Å². The summed E-state index contributed by atoms with van der Waals surface area (Å²) in [5, 5.41) is 5.76. The van der Waals surface area contributed by atoms with Crippen molar-refractivity contribution >= 4 is 34.9 Å². The molecule has 226 valence electrons. The molecule has 2 N–H and O–H groups in total. The van der Waals surface area contributed by atoms with Gasteiger partial charge in [-0.05, 0) is 79.2 Å². The molecule has 4 aromatic carbocycles. The highest BCUT2D eigenvalue weighted by Gasteiger charge is 2.22. The number of carbonyl (C=O) groups is 3. The molecule has 0 atom stereocenters. The number of halogens is 2. The van der Waals surface area contributed by atoms with Crippen LogP contribution < -0.4 is 15.5 Å². The first kappa shape index (κ1) is 30.2. The van der Waals surface area contributed by atoms with Crippen molar-refractivity contribution in [3.8, 4) is 0 Å². The summed E-state index contributed by atoms with van der Waals surface area (Å²) in [6.45, 7) is 4.20. The van der Waals surface area contributed by atoms with E-state index in [2.05, 4.69) is 15.5 Å². The fourth-order valence-electron chi connectivity index (χ4n) is 4.95. The van der Waals surface area contributed by atoms with E-state index >= 15 is 0 Å². The fraction of sp³-hybridized carbons (Fsp3) is 0.206. The monoisotopic (exact) mass is 597 g/mol. The molecule has 44 heavy (non-hydrogen) atoms. The summed E-state index contributed by atoms with van der Waals surface area (Å²) in [6, 6.07) is 25.8. The number of nitrogens with one attached hydrogen (secondary N) is 2. The number of nitrogens with zero attached hydrogens (tertiary/aromatic N) is 3. The van der Waals surface area contributed by atoms with E-state index in [-0.39, 0.29) is 24.7 Å². The van der Waals surface area contributed by atoms with Crippen LogP contribution in [0.2, 0.25) is 0 Å². The van der Waals surface area contributed by atoms with Gasteiger partial charge in [-0.2, -0.15) is 0 Å². The maximum atomic E-state index is 13.8. The zero-order valence-corrected chi connectivity index (χ0v) is 24.3. The SMILES string of the molecule is Cc1ccc(NC(=O)N2CCN(c3ccc(NC(=O)CN(Cc4ccc(F)cc4)C(=O)c4cccc(F)c4)cc3)CC2)cc1. The maximum Gasteiger partial charge on any atom is 0.321 e. The van der Waals surface area contributed by atoms with Crippen LogP contribution in [-0.4, -0.2) is 60.4 Å². The van der Waals surface area contributed by atoms with Crippen LogP contribution in [0.3, 0.4) is 0 Å². The van der Waals surface area contributed by atoms with Crippen molar-refractivity contribution in [2.24, 2.45) is 0 Å². The van der Waals surface area contributed by atoms with Gasteiger partial charge in [0.1, 0.15) is 18.2 Å². The molecular weight excluding hydrogens is 564 g/mol. The highest BCUT2D eigenvalue weighted by Crippen LogP contribution is 2.21. The molecule has 0 saturated carbocycles. The Morgan fingerprint density at radius 3 is 2.05 bits per heavy atom. The molecular formula is C34H33F2N5O3. The first-order valence-electron chi connectivity index (χ1n) is 14.3. The Balaban J connectivity index is 1.16. The minimum absolute atomic E-state index is 0.0387. The average molecular weight is 598 g/mol. The molecule has 1 aliphatic rings. The van der Waals surface area contributed by atoms with Gasteiger partial charge in [-0.1, -0.05) is 35.9 Å². The topological polar surface area (TPSA) is 85.0 Å². The third-order valence-corrected chi connectivity index (χ3v) is 7.37. The number of hydrogen-bond donors (Lipinski definition) is 2. The molecule has 4 amide bonds. The highest BCUT2D eigenvalue weighted by atomic mass is 19.1. The lowest BCUT2D eigenvalue weighted by atomic mass is 10.1. The Labute approximate surface area is 254 Å². The van der Waals surface area contributed by atoms with Crippen LogP contribution >= 0.6 is 0 Å². The summed E-state index contributed by atoms with van der Waals surface area (Å²) in [5.41, 5.74) is 4.13. The maximum absolute atomic E-state index is 13.8. The Bertz CT molecular complexity index is 1600. The quantitative estimate of drug-likeness (QED) is 0.265. The van der Waals surface area contributed by atoms with Crippen LogP contribution in [-0.2, 0) is 11.3 Å². The predicted octanol–water partition coefficient (Wildman–Crippen LogP) is 5.91. The Hall–Kier alpha value is -5.25. The van der Waals surface area contributed by atoms with Gasteiger partial charge in [0.25, 0.3) is 5.91 Å². The number of amides is 4. The van der Waals surface area contributed by atoms with Crippen molar-refractivity contribution in [3.05, 3.63) is 125 Å². The molecule has 0 radical (unpaired) electrons. The average Bonchev–Trinajstić information content (AvgIpc) is 3.03. The summed E-state index contributed by atoms with van der Waals surface area (Å²) >= 11 is 0. The Morgan fingerprint density at radius 1 is 0.750 bits per heavy atom. The van der Waals surface area contributed by atoms with E-state index in [0.717, 1.165) is 23.0 Å². The molecule has 0 unspecified atom stereocenters. The summed E-state index contributed by atoms with van der Waals surface area (Å²) in [6.07, 6.45) is 0. The lowest BCUT2D eigenvalue weighted by Crippen LogP contribution is -2.50. The highest BCUT2D eigenvalue weighted by molar-refractivity contribution is 5.99. The van der Waals surface area contributed by atoms with Gasteiger partial charge in [-0.25, -0.2) is 13.6 Å². The fourth-order valence-corrected chi connectivity index (χ4v) is 4.95. The van der Waals surface area contributed by atoms with E-state index in [9.17, 15) is 23.2 Å². The lowest BCUT2D eigenvalue weighted by molar-refractivity contribution is -0.117. The van der Waals surface area contributed by atoms with Gasteiger partial charge >= 0.3 is 6.03 Å². The Kier molecular flexibility index (Phi) is 9.49. The normalized spacial score (nSPS) is 12.9. The van der Waals surface area contributed by atoms with Crippen LogP contribution in [0, 0.1) is 18.6 Å². The Morgan fingerprint density at radius 2 is 1.39 bits per heavy atom. The molecule has 0 spiro atoms. The molecule has 0 aliphatic carbocycles. The van der Waals surface area contributed by atoms with E-state index in [0.29, 0.717) is 37.4 Å². The number of rotatable bonds is 8. The zero-order valence-electron chi connectivity index (χ0n) is 24.3. The molecule has 5 rings (SSSR count). The first-order valence-corrected chi connectivity index (χ1v) is 14.3. The van der Waals surface area contributed by atoms with Crippen LogP contribution in [0.25, 0.3) is 0 Å². The van der Waals surface area contributed by atoms with Gasteiger partial charge < -0.3 is 25.3 Å². The second-order valence-electron chi connectivity index (χ2n) is 10.7. The van der Waals surface area contributed by atoms with E-state index in [1.807, 2.05) is 43.3 Å². The third-order valence-electron chi connectivity index (χ3n) is 7.37. The predicted molar refractivity (Wildman–Crippen MR) is 167 cm³/mol. The van der Waals surface area contributed by atoms with E-state index < -0.39 is 23.4 Å². The summed E-state index contributed by atoms with van der Waals surface area (Å²) in [4.78, 5) is 44.1. The largest absolute Gasteiger partial charge is 0.368 e. The number of aryl methyl sites for hydroxylation is 1. The van der Waals surface area contributed by atoms with E-state index in [1.165, 1.54) is 47.4 Å². The number of piperazine rings is 1. The number of benzene rings is 4. The van der Waals surface area contributed by atoms with E-state index in [1.54, 1.807) is 17.0 Å². The second kappa shape index (κ2) is 13.8. The minimum atomic E-state index is -0.561. The second-order valence-corrected chi connectivity index (χ2v) is 10.7. The number of anilines is 3. The smallest absolute Gasteiger partial charge is 0.321 e. The molecule has 1 heterocycles. The van der Waals surface area contributed by atoms with Crippen molar-refractivity contribution in [2.75, 3.05) is 48.3 Å². The lowest BCUT2D eigenvalue weighted by Gasteiger charge is -2.36. The van der Waals surface area contributed by atoms with Crippen LogP contribution in [0.1, 0.15) is 21.5 Å². The van der Waals surface area contributed by atoms with Gasteiger partial charge in [-0.15, -0.1) is 0 Å². The summed E-state index contributed by atoms with van der Waals surface area (Å²) in [5.74, 6) is -1.93. The molecule has 10 heteroatoms. The van der Waals surface area contributed by atoms with Gasteiger partial charge in [-0.3, -0.25) is 9.59 Å². The number of urea groups is 1. The van der Waals surface area contributed by atoms with Gasteiger partial charge in [0, 0.05) is 55.3 Å². The number of hydrogen-bond acceptors (Lipinski definition) is 4. The number of carbonyl (C=O) groups excluding carboxylic acids is 3. The van der Waals surface area contributed by atoms with Crippen molar-refractivity contribution < 1.29 is 23.2 Å². The molecule has 8 nitrogen and oxygen atoms in total. The summed E-state index contributed by atoms with van der Waals surface area (Å²) in [7, 11) is 0. The molecule has 1 saturated heterocycles. The molecule has 1 aliphatic heterocycles. The van der Waals surface area contributed by atoms with Crippen molar-refractivity contribution in [1.29, 1.82) is 0 Å². The molecule has 0 bridgehead atoms. The van der Waals surface area contributed by atoms with Crippen molar-refractivity contribution in [1.82, 2.24) is 9.80 Å². The van der Waals surface area contributed by atoms with Crippen LogP contribution in [0.4, 0.5) is 30.6 Å². The molecule has 0 aromatic heterocycles. The standard InChI is InChI=1S/C34H33F2N5O3/c1-24-5-11-30(12-6-24)38-34(44)40-19-17-39(18-20-40)31-15-13-29(14-16-31)37-32(42)23-41(22-25-7-9-27(35)10-8-25)33(43)26-3-2-4-28(36)21-26/h2-16,21H,17-20,22-23H2,1H3,(H,37,42)(H,38,44). The van der Waals surface area contributed by atoms with Crippen molar-refractivity contribution in [2.45, 2.75) is 13.5 Å².